The van der Waals surface area contributed by atoms with Gasteiger partial charge in [-0.1, -0.05) is 52.0 Å². The van der Waals surface area contributed by atoms with Gasteiger partial charge in [0.25, 0.3) is 0 Å². The molecule has 0 bridgehead atoms. The van der Waals surface area contributed by atoms with Gasteiger partial charge in [-0.05, 0) is 17.0 Å². The zero-order chi connectivity index (χ0) is 11.4. The van der Waals surface area contributed by atoms with Gasteiger partial charge in [0.1, 0.15) is 5.78 Å². The Morgan fingerprint density at radius 1 is 1.07 bits per heavy atom. The summed E-state index contributed by atoms with van der Waals surface area (Å²) < 4.78 is 0. The number of hydrogen-bond donors (Lipinski definition) is 0. The van der Waals surface area contributed by atoms with E-state index in [1.54, 1.807) is 0 Å². The van der Waals surface area contributed by atoms with E-state index < -0.39 is 0 Å². The number of carbonyl (C=O) groups excluding carboxylic acids is 1. The number of benzene rings is 1. The molecule has 0 saturated heterocycles. The minimum Gasteiger partial charge on any atom is -0.299 e. The summed E-state index contributed by atoms with van der Waals surface area (Å²) in [5.74, 6) is 0.903. The second kappa shape index (κ2) is 5.11. The Bertz CT molecular complexity index is 322. The van der Waals surface area contributed by atoms with Crippen molar-refractivity contribution >= 4 is 5.78 Å². The van der Waals surface area contributed by atoms with Crippen molar-refractivity contribution in [1.29, 1.82) is 0 Å². The minimum absolute atomic E-state index is 0.0382. The largest absolute Gasteiger partial charge is 0.299 e. The summed E-state index contributed by atoms with van der Waals surface area (Å²) in [5, 5.41) is 0. The van der Waals surface area contributed by atoms with Crippen molar-refractivity contribution in [1.82, 2.24) is 0 Å². The average Bonchev–Trinajstić information content (AvgIpc) is 2.27. The quantitative estimate of drug-likeness (QED) is 0.727. The second-order valence-electron chi connectivity index (χ2n) is 4.36. The predicted molar refractivity (Wildman–Crippen MR) is 64.2 cm³/mol. The third-order valence-electron chi connectivity index (χ3n) is 2.93. The van der Waals surface area contributed by atoms with Crippen molar-refractivity contribution in [2.75, 3.05) is 0 Å². The van der Waals surface area contributed by atoms with Crippen LogP contribution in [0, 0.1) is 0 Å². The van der Waals surface area contributed by atoms with E-state index in [-0.39, 0.29) is 5.92 Å². The molecule has 0 saturated carbocycles. The fourth-order valence-corrected chi connectivity index (χ4v) is 1.66. The van der Waals surface area contributed by atoms with Crippen molar-refractivity contribution in [3.05, 3.63) is 35.4 Å². The zero-order valence-corrected chi connectivity index (χ0v) is 10.1. The first-order valence-corrected chi connectivity index (χ1v) is 5.68. The number of hydrogen-bond acceptors (Lipinski definition) is 1. The van der Waals surface area contributed by atoms with Crippen LogP contribution in [0.5, 0.6) is 0 Å². The average molecular weight is 204 g/mol. The van der Waals surface area contributed by atoms with Gasteiger partial charge in [-0.2, -0.15) is 0 Å². The summed E-state index contributed by atoms with van der Waals surface area (Å²) in [4.78, 5) is 11.5. The zero-order valence-electron chi connectivity index (χ0n) is 10.1. The predicted octanol–water partition coefficient (Wildman–Crippen LogP) is 3.89. The number of Topliss-reactive ketones (excluding diaryl/α,β-unsaturated/α-hetero) is 1. The third-order valence-corrected chi connectivity index (χ3v) is 2.93. The van der Waals surface area contributed by atoms with Crippen molar-refractivity contribution in [3.63, 3.8) is 0 Å². The summed E-state index contributed by atoms with van der Waals surface area (Å²) >= 11 is 0. The molecule has 0 aliphatic rings. The van der Waals surface area contributed by atoms with E-state index in [0.717, 1.165) is 5.56 Å². The molecular weight excluding hydrogens is 184 g/mol. The third kappa shape index (κ3) is 2.92. The summed E-state index contributed by atoms with van der Waals surface area (Å²) in [6.45, 7) is 8.25. The van der Waals surface area contributed by atoms with Gasteiger partial charge in [-0.3, -0.25) is 4.79 Å². The molecule has 0 aromatic heterocycles. The molecule has 0 amide bonds. The molecule has 82 valence electrons. The van der Waals surface area contributed by atoms with E-state index in [0.29, 0.717) is 18.1 Å². The highest BCUT2D eigenvalue weighted by atomic mass is 16.1. The number of carbonyl (C=O) groups is 1. The van der Waals surface area contributed by atoms with Crippen LogP contribution in [0.1, 0.15) is 57.1 Å². The highest BCUT2D eigenvalue weighted by Crippen LogP contribution is 2.21. The van der Waals surface area contributed by atoms with Crippen LogP contribution in [0.25, 0.3) is 0 Å². The van der Waals surface area contributed by atoms with E-state index in [1.807, 2.05) is 13.8 Å². The number of rotatable bonds is 4. The lowest BCUT2D eigenvalue weighted by Crippen LogP contribution is -2.07. The Morgan fingerprint density at radius 3 is 1.93 bits per heavy atom. The first-order valence-electron chi connectivity index (χ1n) is 5.68. The first-order chi connectivity index (χ1) is 7.06. The SMILES string of the molecule is CCC(=O)C(C)c1ccc(C(C)C)cc1. The lowest BCUT2D eigenvalue weighted by atomic mass is 9.93. The first kappa shape index (κ1) is 12.0. The molecule has 0 fully saturated rings. The van der Waals surface area contributed by atoms with Crippen LogP contribution in [-0.2, 0) is 4.79 Å². The smallest absolute Gasteiger partial charge is 0.139 e. The van der Waals surface area contributed by atoms with E-state index >= 15 is 0 Å². The minimum atomic E-state index is 0.0382. The fourth-order valence-electron chi connectivity index (χ4n) is 1.66. The molecule has 1 rings (SSSR count). The van der Waals surface area contributed by atoms with Crippen molar-refractivity contribution in [3.8, 4) is 0 Å². The summed E-state index contributed by atoms with van der Waals surface area (Å²) in [7, 11) is 0. The molecule has 0 radical (unpaired) electrons. The van der Waals surface area contributed by atoms with E-state index in [4.69, 9.17) is 0 Å². The summed E-state index contributed by atoms with van der Waals surface area (Å²) in [6, 6.07) is 8.40. The highest BCUT2D eigenvalue weighted by molar-refractivity contribution is 5.85. The van der Waals surface area contributed by atoms with Crippen molar-refractivity contribution < 1.29 is 4.79 Å². The maximum Gasteiger partial charge on any atom is 0.139 e. The lowest BCUT2D eigenvalue weighted by Gasteiger charge is -2.11. The van der Waals surface area contributed by atoms with Gasteiger partial charge in [0.05, 0.1) is 0 Å². The molecule has 0 N–H and O–H groups in total. The lowest BCUT2D eigenvalue weighted by molar-refractivity contribution is -0.119. The van der Waals surface area contributed by atoms with Crippen LogP contribution in [0.4, 0.5) is 0 Å². The molecule has 0 spiro atoms. The van der Waals surface area contributed by atoms with Gasteiger partial charge in [0.15, 0.2) is 0 Å². The molecule has 15 heavy (non-hydrogen) atoms. The molecule has 0 aliphatic heterocycles. The molecule has 1 atom stereocenters. The summed E-state index contributed by atoms with van der Waals surface area (Å²) in [5.41, 5.74) is 2.46. The van der Waals surface area contributed by atoms with Gasteiger partial charge in [-0.25, -0.2) is 0 Å². The van der Waals surface area contributed by atoms with E-state index in [9.17, 15) is 4.79 Å². The molecular formula is C14H20O. The molecule has 1 aromatic rings. The van der Waals surface area contributed by atoms with Crippen LogP contribution >= 0.6 is 0 Å². The molecule has 1 unspecified atom stereocenters. The van der Waals surface area contributed by atoms with E-state index in [1.165, 1.54) is 5.56 Å². The monoisotopic (exact) mass is 204 g/mol. The Labute approximate surface area is 92.5 Å². The van der Waals surface area contributed by atoms with Gasteiger partial charge in [-0.15, -0.1) is 0 Å². The Hall–Kier alpha value is -1.11. The second-order valence-corrected chi connectivity index (χ2v) is 4.36. The fraction of sp³-hybridized carbons (Fsp3) is 0.500. The maximum atomic E-state index is 11.5. The van der Waals surface area contributed by atoms with Crippen LogP contribution in [0.2, 0.25) is 0 Å². The molecule has 1 aromatic carbocycles. The highest BCUT2D eigenvalue weighted by Gasteiger charge is 2.12. The van der Waals surface area contributed by atoms with Gasteiger partial charge in [0.2, 0.25) is 0 Å². The van der Waals surface area contributed by atoms with Crippen molar-refractivity contribution in [2.45, 2.75) is 46.0 Å². The standard InChI is InChI=1S/C14H20O/c1-5-14(15)11(4)13-8-6-12(7-9-13)10(2)3/h6-11H,5H2,1-4H3. The topological polar surface area (TPSA) is 17.1 Å². The number of ketones is 1. The van der Waals surface area contributed by atoms with Gasteiger partial charge < -0.3 is 0 Å². The molecule has 1 nitrogen and oxygen atoms in total. The molecule has 1 heteroatoms. The van der Waals surface area contributed by atoms with Gasteiger partial charge in [0, 0.05) is 12.3 Å². The summed E-state index contributed by atoms with van der Waals surface area (Å²) in [6.07, 6.45) is 0.618. The normalized spacial score (nSPS) is 12.9. The maximum absolute atomic E-state index is 11.5. The Kier molecular flexibility index (Phi) is 4.07. The van der Waals surface area contributed by atoms with Crippen LogP contribution in [0.15, 0.2) is 24.3 Å². The van der Waals surface area contributed by atoms with Gasteiger partial charge >= 0.3 is 0 Å². The van der Waals surface area contributed by atoms with Crippen LogP contribution in [0.3, 0.4) is 0 Å². The molecule has 0 heterocycles. The van der Waals surface area contributed by atoms with Crippen LogP contribution < -0.4 is 0 Å². The van der Waals surface area contributed by atoms with Crippen LogP contribution in [-0.4, -0.2) is 5.78 Å². The van der Waals surface area contributed by atoms with E-state index in [2.05, 4.69) is 38.1 Å². The van der Waals surface area contributed by atoms with Crippen molar-refractivity contribution in [2.24, 2.45) is 0 Å². The Morgan fingerprint density at radius 2 is 1.53 bits per heavy atom. The Balaban J connectivity index is 2.84. The molecule has 0 aliphatic carbocycles.